The molecule has 5 nitrogen and oxygen atoms in total. The highest BCUT2D eigenvalue weighted by Gasteiger charge is 2.30. The molecule has 0 N–H and O–H groups in total. The van der Waals surface area contributed by atoms with Crippen molar-refractivity contribution in [3.63, 3.8) is 0 Å². The van der Waals surface area contributed by atoms with Gasteiger partial charge in [0.2, 0.25) is 0 Å². The van der Waals surface area contributed by atoms with Gasteiger partial charge in [0, 0.05) is 17.2 Å². The Hall–Kier alpha value is -2.47. The summed E-state index contributed by atoms with van der Waals surface area (Å²) in [5.74, 6) is 4.11. The Labute approximate surface area is 163 Å². The predicted octanol–water partition coefficient (Wildman–Crippen LogP) is 4.51. The van der Waals surface area contributed by atoms with Crippen molar-refractivity contribution in [2.24, 2.45) is 0 Å². The van der Waals surface area contributed by atoms with Crippen LogP contribution in [0, 0.1) is 0 Å². The summed E-state index contributed by atoms with van der Waals surface area (Å²) in [6, 6.07) is 16.4. The molecule has 0 radical (unpaired) electrons. The molecular formula is C21H23N3O2S. The van der Waals surface area contributed by atoms with Crippen LogP contribution in [0.1, 0.15) is 35.7 Å². The fraction of sp³-hybridized carbons (Fsp3) is 0.333. The van der Waals surface area contributed by atoms with Crippen LogP contribution in [-0.2, 0) is 12.3 Å². The number of nitrogens with zero attached hydrogens (tertiary/aromatic N) is 3. The van der Waals surface area contributed by atoms with Gasteiger partial charge in [-0.3, -0.25) is 0 Å². The highest BCUT2D eigenvalue weighted by atomic mass is 32.2. The van der Waals surface area contributed by atoms with Gasteiger partial charge in [0.1, 0.15) is 17.3 Å². The summed E-state index contributed by atoms with van der Waals surface area (Å²) in [4.78, 5) is 0. The van der Waals surface area contributed by atoms with E-state index in [0.29, 0.717) is 5.92 Å². The maximum absolute atomic E-state index is 5.50. The van der Waals surface area contributed by atoms with Gasteiger partial charge in [-0.2, -0.15) is 0 Å². The molecule has 1 heterocycles. The summed E-state index contributed by atoms with van der Waals surface area (Å²) in [6.45, 7) is 0.803. The molecule has 6 heteroatoms. The molecule has 1 saturated carbocycles. The van der Waals surface area contributed by atoms with Crippen molar-refractivity contribution in [1.82, 2.24) is 14.8 Å². The first-order chi connectivity index (χ1) is 13.3. The lowest BCUT2D eigenvalue weighted by molar-refractivity contribution is 0.400. The maximum atomic E-state index is 5.50. The molecule has 0 unspecified atom stereocenters. The summed E-state index contributed by atoms with van der Waals surface area (Å²) in [7, 11) is 3.37. The van der Waals surface area contributed by atoms with E-state index in [1.807, 2.05) is 24.3 Å². The van der Waals surface area contributed by atoms with Gasteiger partial charge in [-0.15, -0.1) is 10.2 Å². The largest absolute Gasteiger partial charge is 0.497 e. The van der Waals surface area contributed by atoms with Crippen molar-refractivity contribution >= 4 is 11.8 Å². The van der Waals surface area contributed by atoms with Crippen LogP contribution < -0.4 is 9.47 Å². The number of benzene rings is 2. The number of ether oxygens (including phenoxy) is 2. The zero-order valence-corrected chi connectivity index (χ0v) is 16.4. The minimum absolute atomic E-state index is 0.557. The second-order valence-corrected chi connectivity index (χ2v) is 7.60. The third kappa shape index (κ3) is 4.11. The van der Waals surface area contributed by atoms with Gasteiger partial charge in [-0.1, -0.05) is 42.1 Å². The quantitative estimate of drug-likeness (QED) is 0.537. The maximum Gasteiger partial charge on any atom is 0.191 e. The molecule has 3 aromatic rings. The highest BCUT2D eigenvalue weighted by Crippen LogP contribution is 2.40. The van der Waals surface area contributed by atoms with Crippen LogP contribution in [0.4, 0.5) is 0 Å². The number of thioether (sulfide) groups is 1. The SMILES string of the molecule is COc1ccc(OC)c(CSc2nnc(C3CC3)n2Cc2ccccc2)c1. The smallest absolute Gasteiger partial charge is 0.191 e. The molecule has 0 saturated heterocycles. The molecule has 0 bridgehead atoms. The Morgan fingerprint density at radius 3 is 2.56 bits per heavy atom. The van der Waals surface area contributed by atoms with Gasteiger partial charge >= 0.3 is 0 Å². The van der Waals surface area contributed by atoms with E-state index in [1.54, 1.807) is 26.0 Å². The van der Waals surface area contributed by atoms with E-state index in [0.717, 1.165) is 40.3 Å². The zero-order valence-electron chi connectivity index (χ0n) is 15.6. The molecule has 0 spiro atoms. The third-order valence-electron chi connectivity index (χ3n) is 4.72. The second-order valence-electron chi connectivity index (χ2n) is 6.65. The van der Waals surface area contributed by atoms with Crippen molar-refractivity contribution < 1.29 is 9.47 Å². The Morgan fingerprint density at radius 1 is 1.04 bits per heavy atom. The van der Waals surface area contributed by atoms with Gasteiger partial charge in [0.05, 0.1) is 20.8 Å². The minimum atomic E-state index is 0.557. The lowest BCUT2D eigenvalue weighted by Crippen LogP contribution is -2.06. The van der Waals surface area contributed by atoms with Gasteiger partial charge in [-0.25, -0.2) is 0 Å². The molecule has 1 aliphatic carbocycles. The third-order valence-corrected chi connectivity index (χ3v) is 5.73. The fourth-order valence-electron chi connectivity index (χ4n) is 3.10. The normalized spacial score (nSPS) is 13.6. The summed E-state index contributed by atoms with van der Waals surface area (Å²) >= 11 is 1.69. The fourth-order valence-corrected chi connectivity index (χ4v) is 4.02. The van der Waals surface area contributed by atoms with Crippen molar-refractivity contribution in [2.45, 2.75) is 36.2 Å². The molecule has 1 fully saturated rings. The Balaban J connectivity index is 1.57. The Bertz CT molecular complexity index is 907. The molecule has 4 rings (SSSR count). The van der Waals surface area contributed by atoms with E-state index < -0.39 is 0 Å². The van der Waals surface area contributed by atoms with E-state index in [9.17, 15) is 0 Å². The lowest BCUT2D eigenvalue weighted by Gasteiger charge is -2.12. The Kier molecular flexibility index (Phi) is 5.34. The number of hydrogen-bond donors (Lipinski definition) is 0. The van der Waals surface area contributed by atoms with Crippen LogP contribution in [0.5, 0.6) is 11.5 Å². The van der Waals surface area contributed by atoms with E-state index >= 15 is 0 Å². The first kappa shape index (κ1) is 17.9. The van der Waals surface area contributed by atoms with Crippen LogP contribution >= 0.6 is 11.8 Å². The topological polar surface area (TPSA) is 49.2 Å². The first-order valence-electron chi connectivity index (χ1n) is 9.09. The lowest BCUT2D eigenvalue weighted by atomic mass is 10.2. The molecular weight excluding hydrogens is 358 g/mol. The number of rotatable bonds is 8. The van der Waals surface area contributed by atoms with E-state index in [-0.39, 0.29) is 0 Å². The average Bonchev–Trinajstić information content (AvgIpc) is 3.49. The van der Waals surface area contributed by atoms with E-state index in [2.05, 4.69) is 39.0 Å². The second kappa shape index (κ2) is 8.05. The van der Waals surface area contributed by atoms with E-state index in [1.165, 1.54) is 18.4 Å². The van der Waals surface area contributed by atoms with Crippen molar-refractivity contribution in [2.75, 3.05) is 14.2 Å². The van der Waals surface area contributed by atoms with Crippen molar-refractivity contribution in [3.8, 4) is 11.5 Å². The molecule has 27 heavy (non-hydrogen) atoms. The molecule has 0 aliphatic heterocycles. The van der Waals surface area contributed by atoms with Gasteiger partial charge in [-0.05, 0) is 36.6 Å². The molecule has 0 atom stereocenters. The summed E-state index contributed by atoms with van der Waals surface area (Å²) < 4.78 is 13.1. The van der Waals surface area contributed by atoms with E-state index in [4.69, 9.17) is 9.47 Å². The monoisotopic (exact) mass is 381 g/mol. The number of aromatic nitrogens is 3. The molecule has 2 aromatic carbocycles. The van der Waals surface area contributed by atoms with Crippen LogP contribution in [0.3, 0.4) is 0 Å². The van der Waals surface area contributed by atoms with Crippen molar-refractivity contribution in [1.29, 1.82) is 0 Å². The summed E-state index contributed by atoms with van der Waals surface area (Å²) in [6.07, 6.45) is 2.42. The van der Waals surface area contributed by atoms with Crippen LogP contribution in [-0.4, -0.2) is 29.0 Å². The number of methoxy groups -OCH3 is 2. The first-order valence-corrected chi connectivity index (χ1v) is 10.1. The van der Waals surface area contributed by atoms with Gasteiger partial charge < -0.3 is 14.0 Å². The van der Waals surface area contributed by atoms with Crippen LogP contribution in [0.15, 0.2) is 53.7 Å². The highest BCUT2D eigenvalue weighted by molar-refractivity contribution is 7.98. The summed E-state index contributed by atoms with van der Waals surface area (Å²) in [5.41, 5.74) is 2.35. The van der Waals surface area contributed by atoms with Crippen LogP contribution in [0.2, 0.25) is 0 Å². The number of hydrogen-bond acceptors (Lipinski definition) is 5. The van der Waals surface area contributed by atoms with Crippen LogP contribution in [0.25, 0.3) is 0 Å². The van der Waals surface area contributed by atoms with Crippen molar-refractivity contribution in [3.05, 3.63) is 65.5 Å². The molecule has 140 valence electrons. The zero-order chi connectivity index (χ0) is 18.6. The van der Waals surface area contributed by atoms with Gasteiger partial charge in [0.25, 0.3) is 0 Å². The predicted molar refractivity (Wildman–Crippen MR) is 107 cm³/mol. The minimum Gasteiger partial charge on any atom is -0.497 e. The standard InChI is InChI=1S/C21H23N3O2S/c1-25-18-10-11-19(26-2)17(12-18)14-27-21-23-22-20(16-8-9-16)24(21)13-15-6-4-3-5-7-15/h3-7,10-12,16H,8-9,13-14H2,1-2H3. The molecule has 1 aromatic heterocycles. The average molecular weight is 382 g/mol. The summed E-state index contributed by atoms with van der Waals surface area (Å²) in [5, 5.41) is 9.94. The Morgan fingerprint density at radius 2 is 1.85 bits per heavy atom. The molecule has 1 aliphatic rings. The van der Waals surface area contributed by atoms with Gasteiger partial charge in [0.15, 0.2) is 5.16 Å². The molecule has 0 amide bonds.